The van der Waals surface area contributed by atoms with E-state index in [1.807, 2.05) is 6.92 Å². The second-order valence-electron chi connectivity index (χ2n) is 3.78. The summed E-state index contributed by atoms with van der Waals surface area (Å²) in [5.41, 5.74) is 0.888. The molecule has 0 radical (unpaired) electrons. The highest BCUT2D eigenvalue weighted by Gasteiger charge is 2.12. The lowest BCUT2D eigenvalue weighted by molar-refractivity contribution is -0.137. The van der Waals surface area contributed by atoms with Gasteiger partial charge in [-0.1, -0.05) is 12.1 Å². The summed E-state index contributed by atoms with van der Waals surface area (Å²) in [6.07, 6.45) is 1.16. The third kappa shape index (κ3) is 4.95. The number of carboxylic acids is 1. The van der Waals surface area contributed by atoms with Gasteiger partial charge in [-0.3, -0.25) is 4.79 Å². The van der Waals surface area contributed by atoms with Crippen LogP contribution in [0, 0.1) is 5.82 Å². The van der Waals surface area contributed by atoms with Crippen molar-refractivity contribution in [2.45, 2.75) is 32.3 Å². The van der Waals surface area contributed by atoms with E-state index < -0.39 is 5.97 Å². The first-order chi connectivity index (χ1) is 8.13. The van der Waals surface area contributed by atoms with Crippen LogP contribution in [-0.4, -0.2) is 17.7 Å². The van der Waals surface area contributed by atoms with Crippen LogP contribution in [0.4, 0.5) is 4.39 Å². The van der Waals surface area contributed by atoms with Crippen LogP contribution in [0.3, 0.4) is 0 Å². The predicted molar refractivity (Wildman–Crippen MR) is 62.3 cm³/mol. The maximum absolute atomic E-state index is 12.8. The zero-order chi connectivity index (χ0) is 12.7. The lowest BCUT2D eigenvalue weighted by Gasteiger charge is -2.17. The molecule has 4 heteroatoms. The Kier molecular flexibility index (Phi) is 5.63. The molecule has 0 aliphatic carbocycles. The van der Waals surface area contributed by atoms with E-state index in [0.717, 1.165) is 5.56 Å². The quantitative estimate of drug-likeness (QED) is 0.796. The Hall–Kier alpha value is -1.42. The minimum absolute atomic E-state index is 0.130. The summed E-state index contributed by atoms with van der Waals surface area (Å²) >= 11 is 0. The molecule has 0 aliphatic rings. The second-order valence-corrected chi connectivity index (χ2v) is 3.78. The first-order valence-corrected chi connectivity index (χ1v) is 5.72. The molecule has 1 atom stereocenters. The number of rotatable bonds is 7. The smallest absolute Gasteiger partial charge is 0.303 e. The van der Waals surface area contributed by atoms with Crippen molar-refractivity contribution in [3.8, 4) is 0 Å². The number of halogens is 1. The van der Waals surface area contributed by atoms with Crippen molar-refractivity contribution in [1.82, 2.24) is 0 Å². The molecule has 3 nitrogen and oxygen atoms in total. The summed E-state index contributed by atoms with van der Waals surface area (Å²) < 4.78 is 18.3. The van der Waals surface area contributed by atoms with Gasteiger partial charge in [0.05, 0.1) is 6.10 Å². The van der Waals surface area contributed by atoms with Gasteiger partial charge in [-0.15, -0.1) is 0 Å². The number of benzene rings is 1. The van der Waals surface area contributed by atoms with Crippen LogP contribution >= 0.6 is 0 Å². The van der Waals surface area contributed by atoms with E-state index >= 15 is 0 Å². The van der Waals surface area contributed by atoms with Crippen LogP contribution in [0.5, 0.6) is 0 Å². The zero-order valence-corrected chi connectivity index (χ0v) is 9.86. The Morgan fingerprint density at radius 3 is 2.59 bits per heavy atom. The summed E-state index contributed by atoms with van der Waals surface area (Å²) in [5, 5.41) is 8.57. The van der Waals surface area contributed by atoms with Crippen LogP contribution in [0.2, 0.25) is 0 Å². The monoisotopic (exact) mass is 240 g/mol. The minimum Gasteiger partial charge on any atom is -0.481 e. The Morgan fingerprint density at radius 1 is 1.41 bits per heavy atom. The predicted octanol–water partition coefficient (Wildman–Crippen LogP) is 3.16. The normalized spacial score (nSPS) is 12.4. The SMILES string of the molecule is CCO[C@@H](CCCC(=O)O)c1ccc(F)cc1. The molecule has 0 amide bonds. The number of hydrogen-bond acceptors (Lipinski definition) is 2. The number of hydrogen-bond donors (Lipinski definition) is 1. The number of carboxylic acid groups (broad SMARTS) is 1. The molecular formula is C13H17FO3. The molecule has 0 unspecified atom stereocenters. The molecule has 0 aromatic heterocycles. The Balaban J connectivity index is 2.58. The van der Waals surface area contributed by atoms with Gasteiger partial charge in [-0.25, -0.2) is 4.39 Å². The fourth-order valence-corrected chi connectivity index (χ4v) is 1.66. The molecule has 17 heavy (non-hydrogen) atoms. The molecule has 1 aromatic carbocycles. The van der Waals surface area contributed by atoms with E-state index in [1.54, 1.807) is 12.1 Å². The van der Waals surface area contributed by atoms with E-state index in [-0.39, 0.29) is 18.3 Å². The van der Waals surface area contributed by atoms with Crippen LogP contribution in [0.1, 0.15) is 37.9 Å². The van der Waals surface area contributed by atoms with Crippen molar-refractivity contribution >= 4 is 5.97 Å². The van der Waals surface area contributed by atoms with Gasteiger partial charge in [0, 0.05) is 13.0 Å². The molecule has 0 saturated carbocycles. The van der Waals surface area contributed by atoms with E-state index in [0.29, 0.717) is 19.4 Å². The van der Waals surface area contributed by atoms with Crippen molar-refractivity contribution in [3.63, 3.8) is 0 Å². The number of carbonyl (C=O) groups is 1. The van der Waals surface area contributed by atoms with Gasteiger partial charge >= 0.3 is 5.97 Å². The average Bonchev–Trinajstić information content (AvgIpc) is 2.29. The average molecular weight is 240 g/mol. The molecule has 0 spiro atoms. The van der Waals surface area contributed by atoms with Gasteiger partial charge in [-0.2, -0.15) is 0 Å². The van der Waals surface area contributed by atoms with Crippen molar-refractivity contribution in [1.29, 1.82) is 0 Å². The molecule has 0 fully saturated rings. The largest absolute Gasteiger partial charge is 0.481 e. The Bertz CT molecular complexity index is 348. The van der Waals surface area contributed by atoms with E-state index in [4.69, 9.17) is 9.84 Å². The van der Waals surface area contributed by atoms with Crippen LogP contribution in [-0.2, 0) is 9.53 Å². The van der Waals surface area contributed by atoms with Crippen molar-refractivity contribution in [3.05, 3.63) is 35.6 Å². The number of ether oxygens (including phenoxy) is 1. The molecule has 0 heterocycles. The van der Waals surface area contributed by atoms with Crippen molar-refractivity contribution in [2.75, 3.05) is 6.61 Å². The maximum atomic E-state index is 12.8. The second kappa shape index (κ2) is 7.01. The number of aliphatic carboxylic acids is 1. The first-order valence-electron chi connectivity index (χ1n) is 5.72. The van der Waals surface area contributed by atoms with Crippen LogP contribution in [0.25, 0.3) is 0 Å². The zero-order valence-electron chi connectivity index (χ0n) is 9.86. The first kappa shape index (κ1) is 13.6. The van der Waals surface area contributed by atoms with Gasteiger partial charge in [0.25, 0.3) is 0 Å². The highest BCUT2D eigenvalue weighted by molar-refractivity contribution is 5.66. The molecule has 94 valence electrons. The van der Waals surface area contributed by atoms with E-state index in [9.17, 15) is 9.18 Å². The standard InChI is InChI=1S/C13H17FO3/c1-2-17-12(4-3-5-13(15)16)10-6-8-11(14)9-7-10/h6-9,12H,2-5H2,1H3,(H,15,16)/t12-/m0/s1. The Labute approximate surface area is 100 Å². The van der Waals surface area contributed by atoms with Crippen molar-refractivity contribution in [2.24, 2.45) is 0 Å². The summed E-state index contributed by atoms with van der Waals surface area (Å²) in [6, 6.07) is 6.13. The third-order valence-corrected chi connectivity index (χ3v) is 2.47. The van der Waals surface area contributed by atoms with E-state index in [2.05, 4.69) is 0 Å². The van der Waals surface area contributed by atoms with Gasteiger partial charge in [0.2, 0.25) is 0 Å². The fourth-order valence-electron chi connectivity index (χ4n) is 1.66. The highest BCUT2D eigenvalue weighted by atomic mass is 19.1. The van der Waals surface area contributed by atoms with Gasteiger partial charge in [0.1, 0.15) is 5.82 Å². The summed E-state index contributed by atoms with van der Waals surface area (Å²) in [6.45, 7) is 2.43. The molecule has 0 bridgehead atoms. The summed E-state index contributed by atoms with van der Waals surface area (Å²) in [7, 11) is 0. The maximum Gasteiger partial charge on any atom is 0.303 e. The van der Waals surface area contributed by atoms with Crippen molar-refractivity contribution < 1.29 is 19.0 Å². The van der Waals surface area contributed by atoms with Gasteiger partial charge in [-0.05, 0) is 37.5 Å². The molecular weight excluding hydrogens is 223 g/mol. The lowest BCUT2D eigenvalue weighted by atomic mass is 10.0. The Morgan fingerprint density at radius 2 is 2.06 bits per heavy atom. The van der Waals surface area contributed by atoms with Gasteiger partial charge < -0.3 is 9.84 Å². The summed E-state index contributed by atoms with van der Waals surface area (Å²) in [4.78, 5) is 10.4. The molecule has 1 rings (SSSR count). The molecule has 1 N–H and O–H groups in total. The van der Waals surface area contributed by atoms with Crippen LogP contribution < -0.4 is 0 Å². The molecule has 0 aliphatic heterocycles. The van der Waals surface area contributed by atoms with Crippen LogP contribution in [0.15, 0.2) is 24.3 Å². The molecule has 1 aromatic rings. The highest BCUT2D eigenvalue weighted by Crippen LogP contribution is 2.23. The van der Waals surface area contributed by atoms with Gasteiger partial charge in [0.15, 0.2) is 0 Å². The third-order valence-electron chi connectivity index (χ3n) is 2.47. The lowest BCUT2D eigenvalue weighted by Crippen LogP contribution is -2.06. The minimum atomic E-state index is -0.806. The topological polar surface area (TPSA) is 46.5 Å². The van der Waals surface area contributed by atoms with E-state index in [1.165, 1.54) is 12.1 Å². The summed E-state index contributed by atoms with van der Waals surface area (Å²) in [5.74, 6) is -1.09. The fraction of sp³-hybridized carbons (Fsp3) is 0.462. The molecule has 0 saturated heterocycles.